The lowest BCUT2D eigenvalue weighted by atomic mass is 10.4. The molecule has 6 nitrogen and oxygen atoms in total. The van der Waals surface area contributed by atoms with Gasteiger partial charge in [0.25, 0.3) is 10.1 Å². The van der Waals surface area contributed by atoms with Crippen LogP contribution in [0.1, 0.15) is 0 Å². The van der Waals surface area contributed by atoms with Crippen LogP contribution in [0, 0.1) is 0 Å². The zero-order valence-corrected chi connectivity index (χ0v) is 7.90. The number of aliphatic hydroxyl groups excluding tert-OH is 1. The molecule has 7 heteroatoms. The third-order valence-corrected chi connectivity index (χ3v) is 2.70. The van der Waals surface area contributed by atoms with Crippen molar-refractivity contribution in [3.63, 3.8) is 0 Å². The maximum absolute atomic E-state index is 10.5. The first-order valence-electron chi connectivity index (χ1n) is 3.94. The molecule has 0 radical (unpaired) electrons. The molecule has 1 rings (SSSR count). The van der Waals surface area contributed by atoms with E-state index in [1.165, 1.54) is 0 Å². The van der Waals surface area contributed by atoms with Crippen LogP contribution in [0.4, 0.5) is 0 Å². The molecule has 0 bridgehead atoms. The molecule has 1 fully saturated rings. The second-order valence-corrected chi connectivity index (χ2v) is 4.46. The van der Waals surface area contributed by atoms with E-state index < -0.39 is 15.6 Å². The highest BCUT2D eigenvalue weighted by atomic mass is 32.2. The lowest BCUT2D eigenvalue weighted by Gasteiger charge is -2.27. The Balaban J connectivity index is 2.39. The molecular weight excluding hydrogens is 198 g/mol. The van der Waals surface area contributed by atoms with Crippen LogP contribution in [0.2, 0.25) is 0 Å². The Morgan fingerprint density at radius 3 is 2.38 bits per heavy atom. The van der Waals surface area contributed by atoms with E-state index in [9.17, 15) is 8.42 Å². The van der Waals surface area contributed by atoms with Gasteiger partial charge in [0.2, 0.25) is 0 Å². The summed E-state index contributed by atoms with van der Waals surface area (Å²) in [5, 5.41) is 9.02. The first-order valence-corrected chi connectivity index (χ1v) is 5.45. The predicted molar refractivity (Wildman–Crippen MR) is 44.8 cm³/mol. The summed E-state index contributed by atoms with van der Waals surface area (Å²) in [4.78, 5) is 1.72. The van der Waals surface area contributed by atoms with E-state index in [0.29, 0.717) is 26.3 Å². The molecule has 0 aromatic rings. The van der Waals surface area contributed by atoms with Gasteiger partial charge in [0.15, 0.2) is 5.44 Å². The van der Waals surface area contributed by atoms with Crippen LogP contribution >= 0.6 is 0 Å². The molecule has 2 N–H and O–H groups in total. The fourth-order valence-corrected chi connectivity index (χ4v) is 1.50. The van der Waals surface area contributed by atoms with Gasteiger partial charge in [-0.25, -0.2) is 0 Å². The summed E-state index contributed by atoms with van der Waals surface area (Å²) in [5.74, 6) is 0. The van der Waals surface area contributed by atoms with E-state index in [1.54, 1.807) is 4.90 Å². The maximum atomic E-state index is 10.5. The monoisotopic (exact) mass is 211 g/mol. The number of nitrogens with zero attached hydrogens (tertiary/aromatic N) is 1. The van der Waals surface area contributed by atoms with Gasteiger partial charge in [0, 0.05) is 19.6 Å². The van der Waals surface area contributed by atoms with Crippen LogP contribution in [0.5, 0.6) is 0 Å². The van der Waals surface area contributed by atoms with E-state index in [4.69, 9.17) is 14.4 Å². The average molecular weight is 211 g/mol. The van der Waals surface area contributed by atoms with Crippen LogP contribution in [0.25, 0.3) is 0 Å². The number of aliphatic hydroxyl groups is 1. The van der Waals surface area contributed by atoms with E-state index in [2.05, 4.69) is 0 Å². The van der Waals surface area contributed by atoms with Crippen molar-refractivity contribution in [1.29, 1.82) is 0 Å². The minimum atomic E-state index is -4.33. The number of hydrogen-bond donors (Lipinski definition) is 2. The number of β-amino-alcohol motifs (C(OH)–C–C–N with tert-alkyl or cyclic N) is 1. The Morgan fingerprint density at radius 1 is 1.38 bits per heavy atom. The first kappa shape index (κ1) is 10.9. The van der Waals surface area contributed by atoms with Crippen molar-refractivity contribution in [2.24, 2.45) is 0 Å². The molecule has 1 atom stereocenters. The number of hydrogen-bond acceptors (Lipinski definition) is 5. The standard InChI is InChI=1S/C6H13NO5S/c8-6(13(9,10)11)5-7-1-3-12-4-2-7/h6,8H,1-5H2,(H,9,10,11). The van der Waals surface area contributed by atoms with Crippen LogP contribution in [-0.4, -0.2) is 61.3 Å². The van der Waals surface area contributed by atoms with E-state index in [-0.39, 0.29) is 6.54 Å². The Morgan fingerprint density at radius 2 is 1.92 bits per heavy atom. The van der Waals surface area contributed by atoms with E-state index in [1.807, 2.05) is 0 Å². The van der Waals surface area contributed by atoms with Gasteiger partial charge in [-0.1, -0.05) is 0 Å². The minimum absolute atomic E-state index is 0.0673. The minimum Gasteiger partial charge on any atom is -0.379 e. The number of morpholine rings is 1. The molecule has 1 aliphatic rings. The maximum Gasteiger partial charge on any atom is 0.293 e. The zero-order valence-electron chi connectivity index (χ0n) is 7.09. The Hall–Kier alpha value is -0.210. The molecule has 0 saturated carbocycles. The van der Waals surface area contributed by atoms with Crippen molar-refractivity contribution in [3.05, 3.63) is 0 Å². The fraction of sp³-hybridized carbons (Fsp3) is 1.00. The molecular formula is C6H13NO5S. The molecule has 0 spiro atoms. The lowest BCUT2D eigenvalue weighted by molar-refractivity contribution is 0.0251. The molecule has 1 aliphatic heterocycles. The highest BCUT2D eigenvalue weighted by molar-refractivity contribution is 7.86. The molecule has 0 aromatic carbocycles. The molecule has 13 heavy (non-hydrogen) atoms. The molecule has 1 heterocycles. The van der Waals surface area contributed by atoms with E-state index >= 15 is 0 Å². The van der Waals surface area contributed by atoms with Crippen molar-refractivity contribution in [3.8, 4) is 0 Å². The van der Waals surface area contributed by atoms with Crippen LogP contribution < -0.4 is 0 Å². The summed E-state index contributed by atoms with van der Waals surface area (Å²) < 4.78 is 34.4. The second-order valence-electron chi connectivity index (χ2n) is 2.88. The Labute approximate surface area is 76.9 Å². The van der Waals surface area contributed by atoms with Gasteiger partial charge >= 0.3 is 0 Å². The van der Waals surface area contributed by atoms with Crippen molar-refractivity contribution in [1.82, 2.24) is 4.90 Å². The highest BCUT2D eigenvalue weighted by Gasteiger charge is 2.23. The average Bonchev–Trinajstić information content (AvgIpc) is 2.04. The number of rotatable bonds is 3. The summed E-state index contributed by atoms with van der Waals surface area (Å²) in [6.45, 7) is 2.14. The largest absolute Gasteiger partial charge is 0.379 e. The SMILES string of the molecule is O=S(=O)(O)C(O)CN1CCOCC1. The van der Waals surface area contributed by atoms with E-state index in [0.717, 1.165) is 0 Å². The van der Waals surface area contributed by atoms with Crippen LogP contribution in [-0.2, 0) is 14.9 Å². The molecule has 0 aliphatic carbocycles. The normalized spacial score (nSPS) is 22.9. The van der Waals surface area contributed by atoms with Crippen molar-refractivity contribution in [2.45, 2.75) is 5.44 Å². The molecule has 78 valence electrons. The molecule has 0 aromatic heterocycles. The topological polar surface area (TPSA) is 87.1 Å². The van der Waals surface area contributed by atoms with Gasteiger partial charge in [-0.15, -0.1) is 0 Å². The quantitative estimate of drug-likeness (QED) is 0.554. The van der Waals surface area contributed by atoms with Crippen molar-refractivity contribution >= 4 is 10.1 Å². The fourth-order valence-electron chi connectivity index (χ4n) is 1.10. The summed E-state index contributed by atoms with van der Waals surface area (Å²) >= 11 is 0. The summed E-state index contributed by atoms with van der Waals surface area (Å²) in [6.07, 6.45) is 0. The summed E-state index contributed by atoms with van der Waals surface area (Å²) in [5.41, 5.74) is -1.72. The van der Waals surface area contributed by atoms with Crippen LogP contribution in [0.15, 0.2) is 0 Å². The van der Waals surface area contributed by atoms with Crippen molar-refractivity contribution < 1.29 is 22.8 Å². The Bertz CT molecular complexity index is 246. The highest BCUT2D eigenvalue weighted by Crippen LogP contribution is 2.01. The smallest absolute Gasteiger partial charge is 0.293 e. The van der Waals surface area contributed by atoms with Crippen molar-refractivity contribution in [2.75, 3.05) is 32.8 Å². The molecule has 1 saturated heterocycles. The Kier molecular flexibility index (Phi) is 3.63. The summed E-state index contributed by atoms with van der Waals surface area (Å²) in [7, 11) is -4.33. The predicted octanol–water partition coefficient (Wildman–Crippen LogP) is -1.48. The third-order valence-electron chi connectivity index (χ3n) is 1.86. The van der Waals surface area contributed by atoms with Crippen LogP contribution in [0.3, 0.4) is 0 Å². The number of ether oxygens (including phenoxy) is 1. The van der Waals surface area contributed by atoms with Gasteiger partial charge in [0.05, 0.1) is 13.2 Å². The van der Waals surface area contributed by atoms with Gasteiger partial charge < -0.3 is 9.84 Å². The molecule has 1 unspecified atom stereocenters. The first-order chi connectivity index (χ1) is 6.00. The third kappa shape index (κ3) is 3.57. The van der Waals surface area contributed by atoms with Gasteiger partial charge in [-0.05, 0) is 0 Å². The van der Waals surface area contributed by atoms with Gasteiger partial charge in [-0.2, -0.15) is 8.42 Å². The molecule has 0 amide bonds. The van der Waals surface area contributed by atoms with Gasteiger partial charge in [0.1, 0.15) is 0 Å². The van der Waals surface area contributed by atoms with Gasteiger partial charge in [-0.3, -0.25) is 9.45 Å². The summed E-state index contributed by atoms with van der Waals surface area (Å²) in [6, 6.07) is 0. The lowest BCUT2D eigenvalue weighted by Crippen LogP contribution is -2.43. The zero-order chi connectivity index (χ0) is 9.90. The second kappa shape index (κ2) is 4.34.